The zero-order valence-corrected chi connectivity index (χ0v) is 14.7. The summed E-state index contributed by atoms with van der Waals surface area (Å²) in [5.74, 6) is 0.357. The lowest BCUT2D eigenvalue weighted by Gasteiger charge is -2.21. The molecule has 128 valence electrons. The summed E-state index contributed by atoms with van der Waals surface area (Å²) >= 11 is 0. The highest BCUT2D eigenvalue weighted by Crippen LogP contribution is 2.28. The minimum atomic E-state index is -0.303. The number of hydrogen-bond acceptors (Lipinski definition) is 2. The van der Waals surface area contributed by atoms with Gasteiger partial charge >= 0.3 is 0 Å². The Kier molecular flexibility index (Phi) is 5.60. The monoisotopic (exact) mass is 329 g/mol. The molecule has 0 aromatic heterocycles. The average Bonchev–Trinajstić information content (AvgIpc) is 2.54. The lowest BCUT2D eigenvalue weighted by atomic mass is 9.86. The highest BCUT2D eigenvalue weighted by molar-refractivity contribution is 5.78. The van der Waals surface area contributed by atoms with Crippen LogP contribution < -0.4 is 10.1 Å². The smallest absolute Gasteiger partial charge is 0.224 e. The first-order valence-corrected chi connectivity index (χ1v) is 7.98. The number of carbonyl (C=O) groups excluding carboxylic acids is 1. The number of hydrogen-bond donors (Lipinski definition) is 1. The highest BCUT2D eigenvalue weighted by Gasteiger charge is 2.16. The van der Waals surface area contributed by atoms with E-state index in [1.165, 1.54) is 17.7 Å². The van der Waals surface area contributed by atoms with Gasteiger partial charge < -0.3 is 10.1 Å². The molecular formula is C20H24FNO2. The van der Waals surface area contributed by atoms with Crippen LogP contribution in [0.2, 0.25) is 0 Å². The second-order valence-corrected chi connectivity index (χ2v) is 6.86. The van der Waals surface area contributed by atoms with Gasteiger partial charge in [-0.05, 0) is 34.7 Å². The molecule has 0 fully saturated rings. The second-order valence-electron chi connectivity index (χ2n) is 6.86. The van der Waals surface area contributed by atoms with Gasteiger partial charge in [-0.25, -0.2) is 4.39 Å². The lowest BCUT2D eigenvalue weighted by Crippen LogP contribution is -2.25. The van der Waals surface area contributed by atoms with Crippen LogP contribution in [0.3, 0.4) is 0 Å². The summed E-state index contributed by atoms with van der Waals surface area (Å²) in [6, 6.07) is 12.0. The molecule has 0 aliphatic rings. The summed E-state index contributed by atoms with van der Waals surface area (Å²) in [4.78, 5) is 12.1. The summed E-state index contributed by atoms with van der Waals surface area (Å²) in [5, 5.41) is 2.88. The van der Waals surface area contributed by atoms with Crippen molar-refractivity contribution in [3.63, 3.8) is 0 Å². The standard InChI is InChI=1S/C20H24FNO2/c1-20(2,3)16-8-7-15(18(12-16)24-4)13-22-19(23)11-14-5-9-17(21)10-6-14/h5-10,12H,11,13H2,1-4H3,(H,22,23). The van der Waals surface area contributed by atoms with E-state index < -0.39 is 0 Å². The molecule has 0 heterocycles. The summed E-state index contributed by atoms with van der Waals surface area (Å²) in [5.41, 5.74) is 2.93. The topological polar surface area (TPSA) is 38.3 Å². The summed E-state index contributed by atoms with van der Waals surface area (Å²) < 4.78 is 18.3. The Morgan fingerprint density at radius 1 is 1.12 bits per heavy atom. The zero-order valence-electron chi connectivity index (χ0n) is 14.7. The van der Waals surface area contributed by atoms with E-state index in [-0.39, 0.29) is 23.6 Å². The summed E-state index contributed by atoms with van der Waals surface area (Å²) in [7, 11) is 1.63. The van der Waals surface area contributed by atoms with Gasteiger partial charge in [0, 0.05) is 12.1 Å². The third-order valence-electron chi connectivity index (χ3n) is 3.91. The van der Waals surface area contributed by atoms with Gasteiger partial charge in [-0.15, -0.1) is 0 Å². The van der Waals surface area contributed by atoms with Crippen molar-refractivity contribution in [2.24, 2.45) is 0 Å². The molecule has 0 aliphatic carbocycles. The van der Waals surface area contributed by atoms with Crippen molar-refractivity contribution >= 4 is 5.91 Å². The number of rotatable bonds is 5. The van der Waals surface area contributed by atoms with Crippen LogP contribution in [-0.2, 0) is 23.2 Å². The van der Waals surface area contributed by atoms with E-state index >= 15 is 0 Å². The fraction of sp³-hybridized carbons (Fsp3) is 0.350. The number of methoxy groups -OCH3 is 1. The molecule has 0 spiro atoms. The maximum absolute atomic E-state index is 12.9. The fourth-order valence-corrected chi connectivity index (χ4v) is 2.40. The van der Waals surface area contributed by atoms with E-state index in [4.69, 9.17) is 4.74 Å². The Bertz CT molecular complexity index is 703. The molecule has 2 aromatic carbocycles. The Morgan fingerprint density at radius 3 is 2.38 bits per heavy atom. The van der Waals surface area contributed by atoms with Gasteiger partial charge in [-0.3, -0.25) is 4.79 Å². The fourth-order valence-electron chi connectivity index (χ4n) is 2.40. The largest absolute Gasteiger partial charge is 0.496 e. The number of halogens is 1. The van der Waals surface area contributed by atoms with Crippen LogP contribution in [0.25, 0.3) is 0 Å². The third kappa shape index (κ3) is 4.82. The van der Waals surface area contributed by atoms with Gasteiger partial charge in [0.25, 0.3) is 0 Å². The molecule has 0 saturated carbocycles. The van der Waals surface area contributed by atoms with Crippen LogP contribution in [0.15, 0.2) is 42.5 Å². The van der Waals surface area contributed by atoms with Crippen molar-refractivity contribution in [3.05, 3.63) is 65.0 Å². The lowest BCUT2D eigenvalue weighted by molar-refractivity contribution is -0.120. The van der Waals surface area contributed by atoms with Crippen LogP contribution in [0.5, 0.6) is 5.75 Å². The van der Waals surface area contributed by atoms with Crippen molar-refractivity contribution in [1.82, 2.24) is 5.32 Å². The Labute approximate surface area is 142 Å². The summed E-state index contributed by atoms with van der Waals surface area (Å²) in [6.07, 6.45) is 0.225. The number of nitrogens with one attached hydrogen (secondary N) is 1. The molecular weight excluding hydrogens is 305 g/mol. The first kappa shape index (κ1) is 18.0. The minimum absolute atomic E-state index is 0.0393. The first-order valence-electron chi connectivity index (χ1n) is 7.98. The Morgan fingerprint density at radius 2 is 1.79 bits per heavy atom. The number of amides is 1. The van der Waals surface area contributed by atoms with Gasteiger partial charge in [0.1, 0.15) is 11.6 Å². The second kappa shape index (κ2) is 7.47. The molecule has 4 heteroatoms. The summed E-state index contributed by atoms with van der Waals surface area (Å²) in [6.45, 7) is 6.83. The van der Waals surface area contributed by atoms with E-state index in [0.29, 0.717) is 6.54 Å². The van der Waals surface area contributed by atoms with Crippen molar-refractivity contribution in [1.29, 1.82) is 0 Å². The van der Waals surface area contributed by atoms with Crippen molar-refractivity contribution in [2.45, 2.75) is 39.2 Å². The first-order chi connectivity index (χ1) is 11.3. The predicted octanol–water partition coefficient (Wildman–Crippen LogP) is 3.99. The van der Waals surface area contributed by atoms with Gasteiger partial charge in [0.05, 0.1) is 13.5 Å². The van der Waals surface area contributed by atoms with E-state index in [0.717, 1.165) is 16.9 Å². The Balaban J connectivity index is 2.00. The van der Waals surface area contributed by atoms with Crippen LogP contribution in [-0.4, -0.2) is 13.0 Å². The highest BCUT2D eigenvalue weighted by atomic mass is 19.1. The van der Waals surface area contributed by atoms with Crippen molar-refractivity contribution < 1.29 is 13.9 Å². The molecule has 1 amide bonds. The van der Waals surface area contributed by atoms with Crippen LogP contribution in [0, 0.1) is 5.82 Å². The molecule has 1 N–H and O–H groups in total. The maximum Gasteiger partial charge on any atom is 0.224 e. The molecule has 2 aromatic rings. The number of ether oxygens (including phenoxy) is 1. The predicted molar refractivity (Wildman–Crippen MR) is 93.6 cm³/mol. The van der Waals surface area contributed by atoms with Gasteiger partial charge in [-0.2, -0.15) is 0 Å². The Hall–Kier alpha value is -2.36. The molecule has 0 atom stereocenters. The van der Waals surface area contributed by atoms with Gasteiger partial charge in [0.2, 0.25) is 5.91 Å². The molecule has 0 aliphatic heterocycles. The van der Waals surface area contributed by atoms with Crippen LogP contribution >= 0.6 is 0 Å². The average molecular weight is 329 g/mol. The molecule has 3 nitrogen and oxygen atoms in total. The molecule has 24 heavy (non-hydrogen) atoms. The van der Waals surface area contributed by atoms with Gasteiger partial charge in [-0.1, -0.05) is 45.0 Å². The van der Waals surface area contributed by atoms with Crippen LogP contribution in [0.4, 0.5) is 4.39 Å². The number of carbonyl (C=O) groups is 1. The van der Waals surface area contributed by atoms with Gasteiger partial charge in [0.15, 0.2) is 0 Å². The quantitative estimate of drug-likeness (QED) is 0.901. The minimum Gasteiger partial charge on any atom is -0.496 e. The normalized spacial score (nSPS) is 11.2. The third-order valence-corrected chi connectivity index (χ3v) is 3.91. The SMILES string of the molecule is COc1cc(C(C)(C)C)ccc1CNC(=O)Cc1ccc(F)cc1. The molecule has 0 saturated heterocycles. The molecule has 0 unspecified atom stereocenters. The van der Waals surface area contributed by atoms with E-state index in [1.54, 1.807) is 19.2 Å². The van der Waals surface area contributed by atoms with Crippen LogP contribution in [0.1, 0.15) is 37.5 Å². The molecule has 0 bridgehead atoms. The zero-order chi connectivity index (χ0) is 17.7. The van der Waals surface area contributed by atoms with Crippen molar-refractivity contribution in [2.75, 3.05) is 7.11 Å². The van der Waals surface area contributed by atoms with E-state index in [1.807, 2.05) is 12.1 Å². The van der Waals surface area contributed by atoms with E-state index in [9.17, 15) is 9.18 Å². The molecule has 0 radical (unpaired) electrons. The molecule has 2 rings (SSSR count). The van der Waals surface area contributed by atoms with Crippen molar-refractivity contribution in [3.8, 4) is 5.75 Å². The van der Waals surface area contributed by atoms with E-state index in [2.05, 4.69) is 32.2 Å². The number of benzene rings is 2. The maximum atomic E-state index is 12.9.